The van der Waals surface area contributed by atoms with Crippen molar-refractivity contribution < 1.29 is 0 Å². The third kappa shape index (κ3) is 3.91. The molecule has 1 atom stereocenters. The summed E-state index contributed by atoms with van der Waals surface area (Å²) in [5.41, 5.74) is 5.97. The molecular weight excluding hydrogens is 211 g/mol. The van der Waals surface area contributed by atoms with Crippen molar-refractivity contribution in [2.75, 3.05) is 12.8 Å². The molecule has 1 heteroatoms. The van der Waals surface area contributed by atoms with Gasteiger partial charge >= 0.3 is 0 Å². The predicted octanol–water partition coefficient (Wildman–Crippen LogP) is 4.63. The average molecular weight is 236 g/mol. The summed E-state index contributed by atoms with van der Waals surface area (Å²) in [6, 6.07) is 4.59. The Morgan fingerprint density at radius 1 is 0.938 bits per heavy atom. The average Bonchev–Trinajstić information content (AvgIpc) is 2.28. The number of rotatable bonds is 6. The zero-order chi connectivity index (χ0) is 12.0. The van der Waals surface area contributed by atoms with Gasteiger partial charge in [-0.2, -0.15) is 0 Å². The maximum atomic E-state index is 2.32. The first kappa shape index (κ1) is 13.7. The largest absolute Gasteiger partial charge is 0.125 e. The van der Waals surface area contributed by atoms with E-state index in [1.54, 1.807) is 5.56 Å². The molecule has 0 aliphatic heterocycles. The molecule has 0 amide bonds. The van der Waals surface area contributed by atoms with Gasteiger partial charge in [0, 0.05) is 0 Å². The molecule has 0 fully saturated rings. The SMILES string of the molecule is CPCCCCCc1ccc(C)c(C)c1C. The van der Waals surface area contributed by atoms with Crippen molar-refractivity contribution in [1.29, 1.82) is 0 Å². The Morgan fingerprint density at radius 3 is 2.38 bits per heavy atom. The van der Waals surface area contributed by atoms with E-state index < -0.39 is 0 Å². The highest BCUT2D eigenvalue weighted by atomic mass is 31.1. The Balaban J connectivity index is 2.45. The van der Waals surface area contributed by atoms with Crippen LogP contribution in [0.1, 0.15) is 41.5 Å². The summed E-state index contributed by atoms with van der Waals surface area (Å²) in [5.74, 6) is 0. The first-order valence-corrected chi connectivity index (χ1v) is 8.07. The fourth-order valence-electron chi connectivity index (χ4n) is 2.08. The Hall–Kier alpha value is -0.350. The molecule has 90 valence electrons. The maximum absolute atomic E-state index is 2.32. The zero-order valence-electron chi connectivity index (χ0n) is 11.2. The Kier molecular flexibility index (Phi) is 6.06. The molecule has 1 aromatic rings. The molecule has 0 saturated heterocycles. The summed E-state index contributed by atoms with van der Waals surface area (Å²) in [5, 5.41) is 0. The van der Waals surface area contributed by atoms with E-state index in [2.05, 4.69) is 39.6 Å². The molecule has 0 heterocycles. The van der Waals surface area contributed by atoms with Gasteiger partial charge in [0.25, 0.3) is 0 Å². The van der Waals surface area contributed by atoms with Gasteiger partial charge in [-0.1, -0.05) is 18.6 Å². The predicted molar refractivity (Wildman–Crippen MR) is 77.3 cm³/mol. The third-order valence-electron chi connectivity index (χ3n) is 3.54. The molecule has 0 saturated carbocycles. The van der Waals surface area contributed by atoms with Crippen LogP contribution >= 0.6 is 8.58 Å². The highest BCUT2D eigenvalue weighted by Crippen LogP contribution is 2.19. The molecule has 1 aromatic carbocycles. The lowest BCUT2D eigenvalue weighted by Crippen LogP contribution is -1.95. The van der Waals surface area contributed by atoms with Gasteiger partial charge in [0.2, 0.25) is 0 Å². The summed E-state index contributed by atoms with van der Waals surface area (Å²) in [7, 11) is 1.13. The Bertz CT molecular complexity index is 328. The van der Waals surface area contributed by atoms with Crippen LogP contribution in [0.25, 0.3) is 0 Å². The molecule has 0 radical (unpaired) electrons. The molecule has 16 heavy (non-hydrogen) atoms. The van der Waals surface area contributed by atoms with Crippen LogP contribution in [0.4, 0.5) is 0 Å². The lowest BCUT2D eigenvalue weighted by atomic mass is 9.95. The van der Waals surface area contributed by atoms with Crippen LogP contribution in [0, 0.1) is 20.8 Å². The first-order valence-electron chi connectivity index (χ1n) is 6.37. The van der Waals surface area contributed by atoms with Gasteiger partial charge in [-0.15, -0.1) is 8.58 Å². The molecule has 1 rings (SSSR count). The number of hydrogen-bond acceptors (Lipinski definition) is 0. The molecule has 0 aliphatic rings. The van der Waals surface area contributed by atoms with E-state index in [9.17, 15) is 0 Å². The highest BCUT2D eigenvalue weighted by molar-refractivity contribution is 7.36. The van der Waals surface area contributed by atoms with Crippen molar-refractivity contribution in [2.24, 2.45) is 0 Å². The first-order chi connectivity index (χ1) is 7.66. The van der Waals surface area contributed by atoms with E-state index in [0.717, 1.165) is 8.58 Å². The molecule has 0 nitrogen and oxygen atoms in total. The van der Waals surface area contributed by atoms with Crippen molar-refractivity contribution >= 4 is 8.58 Å². The summed E-state index contributed by atoms with van der Waals surface area (Å²) in [6.07, 6.45) is 6.85. The number of benzene rings is 1. The number of unbranched alkanes of at least 4 members (excludes halogenated alkanes) is 2. The van der Waals surface area contributed by atoms with Gasteiger partial charge in [-0.05, 0) is 75.1 Å². The Morgan fingerprint density at radius 2 is 1.69 bits per heavy atom. The molecule has 0 aromatic heterocycles. The van der Waals surface area contributed by atoms with Gasteiger partial charge in [-0.3, -0.25) is 0 Å². The van der Waals surface area contributed by atoms with Gasteiger partial charge in [0.05, 0.1) is 0 Å². The van der Waals surface area contributed by atoms with Crippen LogP contribution in [0.5, 0.6) is 0 Å². The minimum atomic E-state index is 1.13. The van der Waals surface area contributed by atoms with Gasteiger partial charge in [0.1, 0.15) is 0 Å². The van der Waals surface area contributed by atoms with Crippen LogP contribution < -0.4 is 0 Å². The maximum Gasteiger partial charge on any atom is -0.0276 e. The topological polar surface area (TPSA) is 0 Å². The van der Waals surface area contributed by atoms with E-state index in [1.807, 2.05) is 0 Å². The molecular formula is C15H25P. The van der Waals surface area contributed by atoms with E-state index in [4.69, 9.17) is 0 Å². The third-order valence-corrected chi connectivity index (χ3v) is 4.40. The van der Waals surface area contributed by atoms with Crippen molar-refractivity contribution in [1.82, 2.24) is 0 Å². The second-order valence-corrected chi connectivity index (χ2v) is 5.91. The van der Waals surface area contributed by atoms with Crippen molar-refractivity contribution in [3.63, 3.8) is 0 Å². The lowest BCUT2D eigenvalue weighted by molar-refractivity contribution is 0.719. The van der Waals surface area contributed by atoms with Gasteiger partial charge in [0.15, 0.2) is 0 Å². The van der Waals surface area contributed by atoms with Crippen molar-refractivity contribution in [3.8, 4) is 0 Å². The van der Waals surface area contributed by atoms with E-state index in [1.165, 1.54) is 48.5 Å². The zero-order valence-corrected chi connectivity index (χ0v) is 12.2. The normalized spacial score (nSPS) is 11.5. The standard InChI is InChI=1S/C15H25P/c1-12-9-10-15(14(3)13(12)2)8-6-5-7-11-16-4/h9-10,16H,5-8,11H2,1-4H3. The summed E-state index contributed by atoms with van der Waals surface area (Å²) < 4.78 is 0. The monoisotopic (exact) mass is 236 g/mol. The fraction of sp³-hybridized carbons (Fsp3) is 0.600. The smallest absolute Gasteiger partial charge is 0.0276 e. The lowest BCUT2D eigenvalue weighted by Gasteiger charge is -2.11. The summed E-state index contributed by atoms with van der Waals surface area (Å²) in [6.45, 7) is 9.01. The molecule has 0 bridgehead atoms. The molecule has 0 spiro atoms. The van der Waals surface area contributed by atoms with Crippen LogP contribution in [0.3, 0.4) is 0 Å². The number of aryl methyl sites for hydroxylation is 2. The number of hydrogen-bond donors (Lipinski definition) is 0. The van der Waals surface area contributed by atoms with Crippen LogP contribution in [-0.4, -0.2) is 12.8 Å². The molecule has 0 aliphatic carbocycles. The molecule has 0 N–H and O–H groups in total. The van der Waals surface area contributed by atoms with Gasteiger partial charge in [-0.25, -0.2) is 0 Å². The van der Waals surface area contributed by atoms with Crippen LogP contribution in [0.15, 0.2) is 12.1 Å². The highest BCUT2D eigenvalue weighted by Gasteiger charge is 2.03. The summed E-state index contributed by atoms with van der Waals surface area (Å²) >= 11 is 0. The van der Waals surface area contributed by atoms with Gasteiger partial charge < -0.3 is 0 Å². The minimum absolute atomic E-state index is 1.13. The second kappa shape index (κ2) is 7.07. The van der Waals surface area contributed by atoms with Crippen LogP contribution in [-0.2, 0) is 6.42 Å². The van der Waals surface area contributed by atoms with E-state index in [0.29, 0.717) is 0 Å². The minimum Gasteiger partial charge on any atom is -0.125 e. The molecule has 1 unspecified atom stereocenters. The Labute approximate surface area is 103 Å². The fourth-order valence-corrected chi connectivity index (χ4v) is 2.68. The van der Waals surface area contributed by atoms with Crippen LogP contribution in [0.2, 0.25) is 0 Å². The van der Waals surface area contributed by atoms with E-state index >= 15 is 0 Å². The van der Waals surface area contributed by atoms with Crippen molar-refractivity contribution in [2.45, 2.75) is 46.5 Å². The second-order valence-electron chi connectivity index (χ2n) is 4.71. The summed E-state index contributed by atoms with van der Waals surface area (Å²) in [4.78, 5) is 0. The van der Waals surface area contributed by atoms with Crippen molar-refractivity contribution in [3.05, 3.63) is 34.4 Å². The quantitative estimate of drug-likeness (QED) is 0.499. The van der Waals surface area contributed by atoms with E-state index in [-0.39, 0.29) is 0 Å².